The summed E-state index contributed by atoms with van der Waals surface area (Å²) in [5.74, 6) is 0. The molecule has 0 aromatic heterocycles. The lowest BCUT2D eigenvalue weighted by Crippen LogP contribution is -2.10. The number of allylic oxidation sites excluding steroid dienone is 2. The Balaban J connectivity index is 3.98. The molecular weight excluding hydrogens is 122 g/mol. The number of nitrogens with one attached hydrogen (secondary N) is 1. The molecule has 10 heavy (non-hydrogen) atoms. The molecule has 0 aliphatic rings. The Morgan fingerprint density at radius 3 is 2.40 bits per heavy atom. The van der Waals surface area contributed by atoms with E-state index in [1.807, 2.05) is 13.1 Å². The van der Waals surface area contributed by atoms with E-state index in [1.165, 1.54) is 11.1 Å². The van der Waals surface area contributed by atoms with Crippen molar-refractivity contribution in [3.8, 4) is 0 Å². The van der Waals surface area contributed by atoms with Crippen LogP contribution in [0.2, 0.25) is 0 Å². The van der Waals surface area contributed by atoms with Crippen molar-refractivity contribution < 1.29 is 0 Å². The molecule has 0 atom stereocenters. The van der Waals surface area contributed by atoms with E-state index in [2.05, 4.69) is 25.7 Å². The van der Waals surface area contributed by atoms with Crippen molar-refractivity contribution in [1.82, 2.24) is 5.32 Å². The lowest BCUT2D eigenvalue weighted by atomic mass is 10.1. The highest BCUT2D eigenvalue weighted by Gasteiger charge is 1.93. The van der Waals surface area contributed by atoms with Gasteiger partial charge in [0.1, 0.15) is 0 Å². The van der Waals surface area contributed by atoms with Crippen LogP contribution in [-0.2, 0) is 0 Å². The third kappa shape index (κ3) is 3.46. The summed E-state index contributed by atoms with van der Waals surface area (Å²) in [5, 5.41) is 3.13. The topological polar surface area (TPSA) is 12.0 Å². The minimum Gasteiger partial charge on any atom is -0.316 e. The fraction of sp³-hybridized carbons (Fsp3) is 0.556. The summed E-state index contributed by atoms with van der Waals surface area (Å²) < 4.78 is 0. The molecule has 58 valence electrons. The predicted octanol–water partition coefficient (Wildman–Crippen LogP) is 2.12. The van der Waals surface area contributed by atoms with Crippen molar-refractivity contribution in [3.05, 3.63) is 23.8 Å². The van der Waals surface area contributed by atoms with Crippen molar-refractivity contribution in [1.29, 1.82) is 0 Å². The summed E-state index contributed by atoms with van der Waals surface area (Å²) in [6.07, 6.45) is 2.95. The molecule has 0 amide bonds. The van der Waals surface area contributed by atoms with Crippen LogP contribution < -0.4 is 5.32 Å². The maximum absolute atomic E-state index is 3.70. The number of hydrogen-bond acceptors (Lipinski definition) is 1. The molecule has 1 nitrogen and oxygen atoms in total. The van der Waals surface area contributed by atoms with Gasteiger partial charge in [-0.2, -0.15) is 0 Å². The Morgan fingerprint density at radius 2 is 2.10 bits per heavy atom. The first-order valence-electron chi connectivity index (χ1n) is 3.63. The van der Waals surface area contributed by atoms with E-state index in [-0.39, 0.29) is 0 Å². The van der Waals surface area contributed by atoms with Crippen LogP contribution in [0.15, 0.2) is 23.8 Å². The van der Waals surface area contributed by atoms with Crippen LogP contribution in [0.4, 0.5) is 0 Å². The Bertz CT molecular complexity index is 130. The second-order valence-corrected chi connectivity index (χ2v) is 2.63. The van der Waals surface area contributed by atoms with Crippen LogP contribution >= 0.6 is 0 Å². The molecule has 0 fully saturated rings. The highest BCUT2D eigenvalue weighted by Crippen LogP contribution is 2.06. The van der Waals surface area contributed by atoms with Crippen molar-refractivity contribution >= 4 is 0 Å². The van der Waals surface area contributed by atoms with E-state index in [4.69, 9.17) is 0 Å². The molecule has 0 aromatic carbocycles. The Morgan fingerprint density at radius 1 is 1.50 bits per heavy atom. The molecule has 0 spiro atoms. The van der Waals surface area contributed by atoms with Crippen molar-refractivity contribution in [3.63, 3.8) is 0 Å². The second kappa shape index (κ2) is 5.24. The monoisotopic (exact) mass is 139 g/mol. The standard InChI is InChI=1S/C9H17N/c1-5-6-9(7-10-4)8(2)3/h5,10H,1,6-7H2,2-4H3. The second-order valence-electron chi connectivity index (χ2n) is 2.63. The summed E-state index contributed by atoms with van der Waals surface area (Å²) in [4.78, 5) is 0. The fourth-order valence-corrected chi connectivity index (χ4v) is 0.841. The van der Waals surface area contributed by atoms with Gasteiger partial charge in [-0.15, -0.1) is 6.58 Å². The van der Waals surface area contributed by atoms with Gasteiger partial charge < -0.3 is 5.32 Å². The zero-order valence-electron chi connectivity index (χ0n) is 7.20. The van der Waals surface area contributed by atoms with Gasteiger partial charge in [0.2, 0.25) is 0 Å². The van der Waals surface area contributed by atoms with Crippen molar-refractivity contribution in [2.24, 2.45) is 0 Å². The van der Waals surface area contributed by atoms with Crippen LogP contribution in [0, 0.1) is 0 Å². The Kier molecular flexibility index (Phi) is 4.95. The summed E-state index contributed by atoms with van der Waals surface area (Å²) in [6, 6.07) is 0. The predicted molar refractivity (Wildman–Crippen MR) is 47.1 cm³/mol. The van der Waals surface area contributed by atoms with Crippen LogP contribution in [0.1, 0.15) is 20.3 Å². The third-order valence-corrected chi connectivity index (χ3v) is 1.49. The quantitative estimate of drug-likeness (QED) is 0.588. The van der Waals surface area contributed by atoms with E-state index in [9.17, 15) is 0 Å². The van der Waals surface area contributed by atoms with E-state index in [1.54, 1.807) is 0 Å². The zero-order chi connectivity index (χ0) is 7.98. The molecule has 0 aliphatic carbocycles. The zero-order valence-corrected chi connectivity index (χ0v) is 7.20. The summed E-state index contributed by atoms with van der Waals surface area (Å²) in [6.45, 7) is 8.95. The Hall–Kier alpha value is -0.560. The molecule has 0 saturated heterocycles. The lowest BCUT2D eigenvalue weighted by molar-refractivity contribution is 0.848. The first-order chi connectivity index (χ1) is 4.72. The molecule has 0 bridgehead atoms. The van der Waals surface area contributed by atoms with Crippen molar-refractivity contribution in [2.45, 2.75) is 20.3 Å². The molecule has 0 rings (SSSR count). The normalized spacial score (nSPS) is 9.10. The molecule has 0 aliphatic heterocycles. The van der Waals surface area contributed by atoms with Crippen LogP contribution in [-0.4, -0.2) is 13.6 Å². The van der Waals surface area contributed by atoms with E-state index in [0.717, 1.165) is 13.0 Å². The smallest absolute Gasteiger partial charge is 0.0167 e. The summed E-state index contributed by atoms with van der Waals surface area (Å²) in [5.41, 5.74) is 2.84. The highest BCUT2D eigenvalue weighted by molar-refractivity contribution is 5.14. The van der Waals surface area contributed by atoms with Gasteiger partial charge in [0.15, 0.2) is 0 Å². The molecule has 1 N–H and O–H groups in total. The lowest BCUT2D eigenvalue weighted by Gasteiger charge is -2.05. The van der Waals surface area contributed by atoms with Gasteiger partial charge in [-0.25, -0.2) is 0 Å². The van der Waals surface area contributed by atoms with Gasteiger partial charge in [0.05, 0.1) is 0 Å². The minimum atomic E-state index is 0.981. The van der Waals surface area contributed by atoms with Crippen LogP contribution in [0.25, 0.3) is 0 Å². The average Bonchev–Trinajstić information content (AvgIpc) is 1.87. The molecule has 0 unspecified atom stereocenters. The van der Waals surface area contributed by atoms with Crippen molar-refractivity contribution in [2.75, 3.05) is 13.6 Å². The third-order valence-electron chi connectivity index (χ3n) is 1.49. The molecule has 1 heteroatoms. The van der Waals surface area contributed by atoms with Crippen LogP contribution in [0.5, 0.6) is 0 Å². The van der Waals surface area contributed by atoms with Gasteiger partial charge in [-0.05, 0) is 27.3 Å². The van der Waals surface area contributed by atoms with Gasteiger partial charge in [-0.3, -0.25) is 0 Å². The molecular formula is C9H17N. The molecule has 0 radical (unpaired) electrons. The minimum absolute atomic E-state index is 0.981. The Labute approximate surface area is 63.8 Å². The average molecular weight is 139 g/mol. The van der Waals surface area contributed by atoms with E-state index in [0.29, 0.717) is 0 Å². The van der Waals surface area contributed by atoms with Gasteiger partial charge in [0, 0.05) is 6.54 Å². The van der Waals surface area contributed by atoms with Gasteiger partial charge in [-0.1, -0.05) is 17.2 Å². The van der Waals surface area contributed by atoms with Gasteiger partial charge >= 0.3 is 0 Å². The number of hydrogen-bond donors (Lipinski definition) is 1. The molecule has 0 heterocycles. The van der Waals surface area contributed by atoms with Gasteiger partial charge in [0.25, 0.3) is 0 Å². The van der Waals surface area contributed by atoms with Crippen LogP contribution in [0.3, 0.4) is 0 Å². The first-order valence-corrected chi connectivity index (χ1v) is 3.63. The molecule has 0 aromatic rings. The van der Waals surface area contributed by atoms with E-state index < -0.39 is 0 Å². The highest BCUT2D eigenvalue weighted by atomic mass is 14.8. The first kappa shape index (κ1) is 9.44. The van der Waals surface area contributed by atoms with E-state index >= 15 is 0 Å². The maximum Gasteiger partial charge on any atom is 0.0167 e. The maximum atomic E-state index is 3.70. The SMILES string of the molecule is C=CCC(CNC)=C(C)C. The summed E-state index contributed by atoms with van der Waals surface area (Å²) in [7, 11) is 1.96. The molecule has 0 saturated carbocycles. The summed E-state index contributed by atoms with van der Waals surface area (Å²) >= 11 is 0. The largest absolute Gasteiger partial charge is 0.316 e. The fourth-order valence-electron chi connectivity index (χ4n) is 0.841. The number of rotatable bonds is 4. The number of likely N-dealkylation sites (N-methyl/N-ethyl adjacent to an activating group) is 1.